The summed E-state index contributed by atoms with van der Waals surface area (Å²) < 4.78 is 34.4. The maximum Gasteiger partial charge on any atom is 0.220 e. The van der Waals surface area contributed by atoms with Crippen LogP contribution in [-0.2, 0) is 33.2 Å². The lowest BCUT2D eigenvalue weighted by Gasteiger charge is -2.48. The quantitative estimate of drug-likeness (QED) is 0.0199. The number of ether oxygens (including phenoxy) is 6. The summed E-state index contributed by atoms with van der Waals surface area (Å²) in [5.41, 5.74) is 0. The molecule has 3 aliphatic rings. The van der Waals surface area contributed by atoms with Crippen LogP contribution in [-0.4, -0.2) is 193 Å². The Morgan fingerprint density at radius 2 is 0.758 bits per heavy atom. The molecule has 3 saturated heterocycles. The van der Waals surface area contributed by atoms with Crippen LogP contribution in [0.5, 0.6) is 0 Å². The average Bonchev–Trinajstić information content (AvgIpc) is 0.871. The fourth-order valence-electron chi connectivity index (χ4n) is 12.0. The highest BCUT2D eigenvalue weighted by molar-refractivity contribution is 5.76. The lowest BCUT2D eigenvalue weighted by Crippen LogP contribution is -2.66. The Hall–Kier alpha value is -2.51. The zero-order chi connectivity index (χ0) is 66.1. The van der Waals surface area contributed by atoms with Gasteiger partial charge in [-0.2, -0.15) is 0 Å². The summed E-state index contributed by atoms with van der Waals surface area (Å²) in [5.74, 6) is -0.242. The van der Waals surface area contributed by atoms with Gasteiger partial charge in [-0.15, -0.1) is 0 Å². The molecule has 3 fully saturated rings. The molecule has 17 unspecified atom stereocenters. The molecule has 3 rings (SSSR count). The number of hydrogen-bond donors (Lipinski definition) is 12. The van der Waals surface area contributed by atoms with E-state index in [2.05, 4.69) is 79.9 Å². The van der Waals surface area contributed by atoms with Gasteiger partial charge >= 0.3 is 0 Å². The summed E-state index contributed by atoms with van der Waals surface area (Å²) in [6.45, 7) is 1.69. The number of unbranched alkanes of at least 4 members (excludes halogenated alkanes) is 29. The topological polar surface area (TPSA) is 307 Å². The second kappa shape index (κ2) is 53.6. The fourth-order valence-corrected chi connectivity index (χ4v) is 12.0. The lowest BCUT2D eigenvalue weighted by atomic mass is 9.96. The normalized spacial score (nSPS) is 28.2. The molecule has 0 spiro atoms. The van der Waals surface area contributed by atoms with Crippen LogP contribution in [0, 0.1) is 0 Å². The van der Waals surface area contributed by atoms with E-state index < -0.39 is 124 Å². The van der Waals surface area contributed by atoms with Gasteiger partial charge in [0.1, 0.15) is 73.2 Å². The van der Waals surface area contributed by atoms with Crippen LogP contribution in [0.15, 0.2) is 60.8 Å². The number of rotatable bonds is 55. The smallest absolute Gasteiger partial charge is 0.220 e. The molecule has 3 aliphatic heterocycles. The van der Waals surface area contributed by atoms with E-state index in [1.165, 1.54) is 148 Å². The summed E-state index contributed by atoms with van der Waals surface area (Å²) in [6, 6.07) is -0.887. The molecule has 19 heteroatoms. The minimum atomic E-state index is -1.97. The number of carbonyl (C=O) groups is 1. The molecule has 0 saturated carbocycles. The van der Waals surface area contributed by atoms with E-state index in [1.54, 1.807) is 0 Å². The monoisotopic (exact) mass is 1300 g/mol. The number of aliphatic hydroxyl groups excluding tert-OH is 11. The van der Waals surface area contributed by atoms with E-state index in [0.29, 0.717) is 12.8 Å². The molecule has 12 N–H and O–H groups in total. The van der Waals surface area contributed by atoms with Crippen LogP contribution in [0.4, 0.5) is 0 Å². The standard InChI is InChI=1S/C72H129NO18/c1-3-5-7-9-11-13-15-17-18-19-20-21-22-23-24-25-26-27-28-29-30-31-32-33-34-35-36-38-40-42-44-46-48-50-60(78)73-55(56(77)49-47-45-43-41-39-37-16-14-12-10-8-6-4-2)54-86-70-66(84)63(81)68(58(52-75)88-70)91-72-67(85)64(82)69(59(53-76)89-72)90-71-65(83)62(80)61(79)57(51-74)87-71/h5,7,11,13,17-18,20-21,23-24,55-59,61-72,74-77,79-85H,3-4,6,8-10,12,14-16,19,22,25-54H2,1-2H3,(H,73,78)/b7-5-,13-11-,18-17-,21-20-,24-23-. The third kappa shape index (κ3) is 35.4. The predicted octanol–water partition coefficient (Wildman–Crippen LogP) is 9.94. The van der Waals surface area contributed by atoms with E-state index in [0.717, 1.165) is 77.0 Å². The molecule has 17 atom stereocenters. The number of nitrogens with one attached hydrogen (secondary N) is 1. The van der Waals surface area contributed by atoms with E-state index in [9.17, 15) is 61.0 Å². The predicted molar refractivity (Wildman–Crippen MR) is 355 cm³/mol. The number of hydrogen-bond acceptors (Lipinski definition) is 18. The van der Waals surface area contributed by atoms with E-state index >= 15 is 0 Å². The molecule has 0 aromatic rings. The Balaban J connectivity index is 1.34. The Morgan fingerprint density at radius 3 is 1.19 bits per heavy atom. The van der Waals surface area contributed by atoms with Gasteiger partial charge in [0, 0.05) is 6.42 Å². The maximum absolute atomic E-state index is 13.4. The zero-order valence-electron chi connectivity index (χ0n) is 56.1. The van der Waals surface area contributed by atoms with Gasteiger partial charge in [0.05, 0.1) is 38.6 Å². The van der Waals surface area contributed by atoms with Crippen LogP contribution >= 0.6 is 0 Å². The van der Waals surface area contributed by atoms with Gasteiger partial charge in [0.25, 0.3) is 0 Å². The first kappa shape index (κ1) is 82.7. The zero-order valence-corrected chi connectivity index (χ0v) is 56.1. The number of carbonyl (C=O) groups excluding carboxylic acids is 1. The Bertz CT molecular complexity index is 1890. The number of aliphatic hydroxyl groups is 11. The van der Waals surface area contributed by atoms with Gasteiger partial charge in [-0.3, -0.25) is 4.79 Å². The van der Waals surface area contributed by atoms with Crippen molar-refractivity contribution in [2.45, 2.75) is 362 Å². The van der Waals surface area contributed by atoms with E-state index in [-0.39, 0.29) is 18.9 Å². The molecule has 19 nitrogen and oxygen atoms in total. The first-order valence-corrected chi connectivity index (χ1v) is 36.0. The number of amides is 1. The highest BCUT2D eigenvalue weighted by Gasteiger charge is 2.53. The Labute approximate surface area is 547 Å². The first-order chi connectivity index (χ1) is 44.3. The minimum absolute atomic E-state index is 0.242. The first-order valence-electron chi connectivity index (χ1n) is 36.0. The summed E-state index contributed by atoms with van der Waals surface area (Å²) in [6.07, 6.45) is 38.9. The van der Waals surface area contributed by atoms with Gasteiger partial charge < -0.3 is 89.9 Å². The van der Waals surface area contributed by atoms with Gasteiger partial charge in [0.2, 0.25) is 5.91 Å². The van der Waals surface area contributed by atoms with Crippen molar-refractivity contribution in [2.75, 3.05) is 26.4 Å². The fraction of sp³-hybridized carbons (Fsp3) is 0.847. The molecule has 3 heterocycles. The number of allylic oxidation sites excluding steroid dienone is 10. The molecule has 0 radical (unpaired) electrons. The summed E-state index contributed by atoms with van der Waals surface area (Å²) in [5, 5.41) is 121. The third-order valence-corrected chi connectivity index (χ3v) is 17.9. The second-order valence-corrected chi connectivity index (χ2v) is 25.7. The highest BCUT2D eigenvalue weighted by Crippen LogP contribution is 2.33. The van der Waals surface area contributed by atoms with E-state index in [4.69, 9.17) is 28.4 Å². The molecular weight excluding hydrogens is 1170 g/mol. The van der Waals surface area contributed by atoms with Gasteiger partial charge in [0.15, 0.2) is 18.9 Å². The van der Waals surface area contributed by atoms with Gasteiger partial charge in [-0.25, -0.2) is 0 Å². The molecule has 0 bridgehead atoms. The molecular formula is C72H129NO18. The van der Waals surface area contributed by atoms with Crippen molar-refractivity contribution in [2.24, 2.45) is 0 Å². The minimum Gasteiger partial charge on any atom is -0.394 e. The third-order valence-electron chi connectivity index (χ3n) is 17.9. The van der Waals surface area contributed by atoms with Crippen molar-refractivity contribution in [1.82, 2.24) is 5.32 Å². The Morgan fingerprint density at radius 1 is 0.407 bits per heavy atom. The van der Waals surface area contributed by atoms with Crippen LogP contribution in [0.1, 0.15) is 258 Å². The van der Waals surface area contributed by atoms with Crippen molar-refractivity contribution in [3.8, 4) is 0 Å². The van der Waals surface area contributed by atoms with Gasteiger partial charge in [-0.1, -0.05) is 254 Å². The van der Waals surface area contributed by atoms with Crippen LogP contribution in [0.2, 0.25) is 0 Å². The summed E-state index contributed by atoms with van der Waals surface area (Å²) in [7, 11) is 0. The molecule has 0 aromatic carbocycles. The van der Waals surface area contributed by atoms with Crippen LogP contribution < -0.4 is 5.32 Å². The lowest BCUT2D eigenvalue weighted by molar-refractivity contribution is -0.379. The SMILES string of the molecule is CC/C=C\C/C=C\C/C=C\C/C=C\C/C=C\CCCCCCCCCCCCCCCCCCCC(=O)NC(COC1OC(CO)C(OC2OC(CO)C(OC3OC(CO)C(O)C(O)C3O)C(O)C2O)C(O)C1O)C(O)CCCCCCCCCCCCCCC. The second-order valence-electron chi connectivity index (χ2n) is 25.7. The Kier molecular flexibility index (Phi) is 48.7. The van der Waals surface area contributed by atoms with Gasteiger partial charge in [-0.05, 0) is 57.8 Å². The average molecular weight is 1300 g/mol. The maximum atomic E-state index is 13.4. The molecule has 530 valence electrons. The van der Waals surface area contributed by atoms with Crippen molar-refractivity contribution in [1.29, 1.82) is 0 Å². The van der Waals surface area contributed by atoms with Crippen molar-refractivity contribution in [3.63, 3.8) is 0 Å². The largest absolute Gasteiger partial charge is 0.394 e. The van der Waals surface area contributed by atoms with E-state index in [1.807, 2.05) is 0 Å². The molecule has 1 amide bonds. The van der Waals surface area contributed by atoms with Crippen molar-refractivity contribution >= 4 is 5.91 Å². The highest BCUT2D eigenvalue weighted by atomic mass is 16.8. The van der Waals surface area contributed by atoms with Crippen molar-refractivity contribution < 1.29 is 89.4 Å². The summed E-state index contributed by atoms with van der Waals surface area (Å²) >= 11 is 0. The summed E-state index contributed by atoms with van der Waals surface area (Å²) in [4.78, 5) is 13.4. The van der Waals surface area contributed by atoms with Crippen LogP contribution in [0.3, 0.4) is 0 Å². The molecule has 0 aliphatic carbocycles. The molecule has 91 heavy (non-hydrogen) atoms. The molecule has 0 aromatic heterocycles. The van der Waals surface area contributed by atoms with Crippen LogP contribution in [0.25, 0.3) is 0 Å². The van der Waals surface area contributed by atoms with Crippen molar-refractivity contribution in [3.05, 3.63) is 60.8 Å².